The van der Waals surface area contributed by atoms with Crippen molar-refractivity contribution in [1.82, 2.24) is 0 Å². The molecule has 1 unspecified atom stereocenters. The summed E-state index contributed by atoms with van der Waals surface area (Å²) in [6.45, 7) is 1.96. The Morgan fingerprint density at radius 2 is 1.48 bits per heavy atom. The molecule has 3 aliphatic rings. The van der Waals surface area contributed by atoms with Crippen LogP contribution in [-0.4, -0.2) is 29.4 Å². The molecule has 40 heavy (non-hydrogen) atoms. The molecule has 4 aromatic carbocycles. The maximum Gasteiger partial charge on any atom is 0.185 e. The molecule has 0 radical (unpaired) electrons. The molecule has 6 heteroatoms. The number of anilines is 1. The first-order valence-electron chi connectivity index (χ1n) is 13.1. The van der Waals surface area contributed by atoms with Crippen molar-refractivity contribution in [2.75, 3.05) is 4.90 Å². The summed E-state index contributed by atoms with van der Waals surface area (Å²) in [4.78, 5) is 45.9. The Labute approximate surface area is 241 Å². The summed E-state index contributed by atoms with van der Waals surface area (Å²) in [5.41, 5.74) is 2.93. The average Bonchev–Trinajstić information content (AvgIpc) is 3.39. The molecular weight excluding hydrogens is 541 g/mol. The van der Waals surface area contributed by atoms with Crippen LogP contribution in [0.5, 0.6) is 0 Å². The number of fused-ring (bicyclic) bond motifs is 5. The third kappa shape index (κ3) is 3.30. The largest absolute Gasteiger partial charge is 0.352 e. The van der Waals surface area contributed by atoms with Gasteiger partial charge in [-0.1, -0.05) is 114 Å². The van der Waals surface area contributed by atoms with Crippen molar-refractivity contribution in [3.8, 4) is 0 Å². The van der Waals surface area contributed by atoms with Crippen LogP contribution in [-0.2, 0) is 0 Å². The molecule has 1 aliphatic carbocycles. The van der Waals surface area contributed by atoms with Gasteiger partial charge in [0.05, 0.1) is 6.04 Å². The lowest BCUT2D eigenvalue weighted by Gasteiger charge is -2.37. The minimum absolute atomic E-state index is 0.181. The third-order valence-corrected chi connectivity index (χ3v) is 9.18. The molecule has 2 aliphatic heterocycles. The topological polar surface area (TPSA) is 54.5 Å². The predicted octanol–water partition coefficient (Wildman–Crippen LogP) is 7.62. The van der Waals surface area contributed by atoms with Crippen LogP contribution in [0.1, 0.15) is 53.7 Å². The summed E-state index contributed by atoms with van der Waals surface area (Å²) < 4.78 is 0. The molecule has 0 aromatic heterocycles. The number of carbonyl (C=O) groups is 3. The fourth-order valence-corrected chi connectivity index (χ4v) is 7.43. The van der Waals surface area contributed by atoms with E-state index in [9.17, 15) is 14.4 Å². The first-order valence-corrected chi connectivity index (χ1v) is 13.9. The van der Waals surface area contributed by atoms with Crippen LogP contribution in [0.3, 0.4) is 0 Å². The first-order chi connectivity index (χ1) is 19.3. The number of nitrogens with zero attached hydrogens (tertiary/aromatic N) is 1. The van der Waals surface area contributed by atoms with Crippen LogP contribution < -0.4 is 4.90 Å². The molecule has 1 fully saturated rings. The minimum Gasteiger partial charge on any atom is -0.352 e. The van der Waals surface area contributed by atoms with E-state index in [1.54, 1.807) is 54.6 Å². The van der Waals surface area contributed by atoms with Crippen LogP contribution in [0.2, 0.25) is 10.0 Å². The molecule has 7 rings (SSSR count). The van der Waals surface area contributed by atoms with Gasteiger partial charge in [0, 0.05) is 38.3 Å². The number of hydrogen-bond donors (Lipinski definition) is 0. The zero-order valence-corrected chi connectivity index (χ0v) is 23.0. The third-order valence-electron chi connectivity index (χ3n) is 8.62. The fraction of sp³-hybridized carbons (Fsp3) is 0.147. The van der Waals surface area contributed by atoms with E-state index in [2.05, 4.69) is 0 Å². The Hall–Kier alpha value is -3.99. The van der Waals surface area contributed by atoms with Crippen LogP contribution in [0.4, 0.5) is 5.69 Å². The summed E-state index contributed by atoms with van der Waals surface area (Å²) in [5.74, 6) is -1.64. The molecular formula is C34H23Cl2NO3. The van der Waals surface area contributed by atoms with E-state index in [-0.39, 0.29) is 17.3 Å². The molecule has 4 nitrogen and oxygen atoms in total. The van der Waals surface area contributed by atoms with E-state index in [1.165, 1.54) is 0 Å². The molecule has 196 valence electrons. The van der Waals surface area contributed by atoms with E-state index in [0.29, 0.717) is 32.3 Å². The van der Waals surface area contributed by atoms with Crippen molar-refractivity contribution in [2.45, 2.75) is 24.9 Å². The normalized spacial score (nSPS) is 21.9. The Balaban J connectivity index is 1.56. The van der Waals surface area contributed by atoms with E-state index >= 15 is 0 Å². The zero-order valence-electron chi connectivity index (χ0n) is 21.5. The van der Waals surface area contributed by atoms with Crippen LogP contribution in [0.25, 0.3) is 6.08 Å². The predicted molar refractivity (Wildman–Crippen MR) is 158 cm³/mol. The highest BCUT2D eigenvalue weighted by molar-refractivity contribution is 6.36. The highest BCUT2D eigenvalue weighted by atomic mass is 35.5. The van der Waals surface area contributed by atoms with Gasteiger partial charge in [0.2, 0.25) is 0 Å². The Bertz CT molecular complexity index is 1740. The van der Waals surface area contributed by atoms with Gasteiger partial charge in [-0.3, -0.25) is 14.4 Å². The van der Waals surface area contributed by atoms with Gasteiger partial charge in [0.15, 0.2) is 17.3 Å². The monoisotopic (exact) mass is 563 g/mol. The molecule has 1 spiro atoms. The number of aryl methyl sites for hydroxylation is 1. The molecule has 3 atom stereocenters. The van der Waals surface area contributed by atoms with Gasteiger partial charge in [-0.25, -0.2) is 0 Å². The lowest BCUT2D eigenvalue weighted by molar-refractivity contribution is 0.0666. The van der Waals surface area contributed by atoms with E-state index in [0.717, 1.165) is 16.8 Å². The van der Waals surface area contributed by atoms with E-state index in [1.807, 2.05) is 60.4 Å². The quantitative estimate of drug-likeness (QED) is 0.190. The van der Waals surface area contributed by atoms with Gasteiger partial charge in [0.25, 0.3) is 0 Å². The number of para-hydroxylation sites is 1. The molecule has 0 N–H and O–H groups in total. The number of halogens is 2. The Kier molecular flexibility index (Phi) is 5.64. The number of Topliss-reactive ketones (excluding diaryl/α,β-unsaturated/α-hetero) is 3. The molecule has 2 heterocycles. The van der Waals surface area contributed by atoms with Gasteiger partial charge < -0.3 is 4.90 Å². The first kappa shape index (κ1) is 25.0. The van der Waals surface area contributed by atoms with E-state index < -0.39 is 23.4 Å². The van der Waals surface area contributed by atoms with Crippen molar-refractivity contribution in [1.29, 1.82) is 0 Å². The molecule has 0 amide bonds. The van der Waals surface area contributed by atoms with Crippen LogP contribution in [0.15, 0.2) is 97.1 Å². The lowest BCUT2D eigenvalue weighted by Crippen LogP contribution is -2.48. The number of carbonyl (C=O) groups excluding carboxylic acids is 3. The maximum absolute atomic E-state index is 14.7. The standard InChI is InChI=1S/C34H23Cl2NO3/c1-19-10-12-21(13-11-19)31(38)30-29(25-16-15-22(35)18-26(25)36)34(32(39)23-7-3-4-8-24(23)33(34)40)28-17-14-20-6-2-5-9-27(20)37(28)30/h2-18,28-30H,1H3/t28?,29-,30+/m0/s1. The van der Waals surface area contributed by atoms with Crippen molar-refractivity contribution in [3.63, 3.8) is 0 Å². The Morgan fingerprint density at radius 1 is 0.825 bits per heavy atom. The average molecular weight is 564 g/mol. The smallest absolute Gasteiger partial charge is 0.185 e. The Morgan fingerprint density at radius 3 is 2.15 bits per heavy atom. The molecule has 0 bridgehead atoms. The van der Waals surface area contributed by atoms with Crippen LogP contribution >= 0.6 is 23.2 Å². The van der Waals surface area contributed by atoms with Gasteiger partial charge in [-0.2, -0.15) is 0 Å². The summed E-state index contributed by atoms with van der Waals surface area (Å²) in [6.07, 6.45) is 3.85. The fourth-order valence-electron chi connectivity index (χ4n) is 6.90. The number of ketones is 3. The lowest BCUT2D eigenvalue weighted by atomic mass is 9.64. The van der Waals surface area contributed by atoms with Crippen LogP contribution in [0, 0.1) is 12.3 Å². The van der Waals surface area contributed by atoms with Gasteiger partial charge in [0.1, 0.15) is 11.5 Å². The minimum atomic E-state index is -1.60. The number of hydrogen-bond acceptors (Lipinski definition) is 4. The maximum atomic E-state index is 14.7. The van der Waals surface area contributed by atoms with Gasteiger partial charge >= 0.3 is 0 Å². The number of rotatable bonds is 3. The molecule has 4 aromatic rings. The highest BCUT2D eigenvalue weighted by Gasteiger charge is 2.71. The second-order valence-electron chi connectivity index (χ2n) is 10.7. The van der Waals surface area contributed by atoms with Crippen molar-refractivity contribution >= 4 is 52.3 Å². The van der Waals surface area contributed by atoms with Crippen molar-refractivity contribution in [3.05, 3.63) is 140 Å². The highest BCUT2D eigenvalue weighted by Crippen LogP contribution is 2.61. The zero-order chi connectivity index (χ0) is 27.8. The second kappa shape index (κ2) is 9.02. The summed E-state index contributed by atoms with van der Waals surface area (Å²) in [7, 11) is 0. The summed E-state index contributed by atoms with van der Waals surface area (Å²) >= 11 is 13.2. The van der Waals surface area contributed by atoms with Gasteiger partial charge in [-0.05, 0) is 36.2 Å². The van der Waals surface area contributed by atoms with E-state index in [4.69, 9.17) is 23.2 Å². The summed E-state index contributed by atoms with van der Waals surface area (Å²) in [6, 6.07) is 25.5. The SMILES string of the molecule is Cc1ccc(C(=O)[C@H]2[C@H](c3ccc(Cl)cc3Cl)C3(C(=O)c4ccccc4C3=O)C3C=Cc4ccccc4N32)cc1. The van der Waals surface area contributed by atoms with Crippen molar-refractivity contribution in [2.24, 2.45) is 5.41 Å². The number of benzene rings is 4. The van der Waals surface area contributed by atoms with Gasteiger partial charge in [-0.15, -0.1) is 0 Å². The molecule has 0 saturated carbocycles. The summed E-state index contributed by atoms with van der Waals surface area (Å²) in [5, 5.41) is 0.741. The van der Waals surface area contributed by atoms with Crippen molar-refractivity contribution < 1.29 is 14.4 Å². The molecule has 1 saturated heterocycles. The second-order valence-corrected chi connectivity index (χ2v) is 11.5.